The molecule has 0 radical (unpaired) electrons. The number of aliphatic carboxylic acids is 4. The fourth-order valence-corrected chi connectivity index (χ4v) is 2.49. The van der Waals surface area contributed by atoms with Crippen LogP contribution in [0.15, 0.2) is 15.0 Å². The maximum Gasteiger partial charge on any atom is 0.372 e. The number of hydrogen-bond donors (Lipinski definition) is 11. The van der Waals surface area contributed by atoms with Gasteiger partial charge in [-0.3, -0.25) is 34.2 Å². The summed E-state index contributed by atoms with van der Waals surface area (Å²) in [5.74, 6) is -5.75. The van der Waals surface area contributed by atoms with Gasteiger partial charge in [0, 0.05) is 32.5 Å². The Morgan fingerprint density at radius 2 is 1.16 bits per heavy atom. The molecule has 0 rings (SSSR count). The van der Waals surface area contributed by atoms with Crippen LogP contribution in [0.5, 0.6) is 0 Å². The number of hydrogen-bond acceptors (Lipinski definition) is 10. The highest BCUT2D eigenvalue weighted by atomic mass is 16.4. The summed E-state index contributed by atoms with van der Waals surface area (Å²) in [5, 5.41) is 36.1. The van der Waals surface area contributed by atoms with E-state index in [1.54, 1.807) is 6.92 Å². The van der Waals surface area contributed by atoms with Gasteiger partial charge in [-0.2, -0.15) is 0 Å². The molecule has 0 heterocycles. The van der Waals surface area contributed by atoms with Crippen LogP contribution in [0.1, 0.15) is 58.3 Å². The van der Waals surface area contributed by atoms with Crippen LogP contribution in [0.4, 0.5) is 0 Å². The summed E-state index contributed by atoms with van der Waals surface area (Å²) < 4.78 is 0. The molecule has 0 aromatic heterocycles. The molecular weight excluding hydrogens is 576 g/mol. The standard InChI is InChI=1S/C10H18N4O5.C7H15N3O2.C6H11N3O3/c11-10(12)13-5-1-2-6(9(18)19)14-7(15)3-4-8(16)17;1-5(8)10-4-2-3-6(9)7(11)12;7-6(8)9-3-1-2-4(10)5(11)12/h6H,1-5H2,(H,14,15)(H,16,17)(H,18,19)(H4,11,12,13);6H,2-4,9H2,1H3,(H2,8,10)(H,11,12);1-3H2,(H,11,12)(H4,7,8,9). The Balaban J connectivity index is -0.000000584. The number of nitrogens with one attached hydrogen (secondary N) is 1. The van der Waals surface area contributed by atoms with Gasteiger partial charge < -0.3 is 60.1 Å². The third kappa shape index (κ3) is 33.1. The number of rotatable bonds is 19. The van der Waals surface area contributed by atoms with E-state index < -0.39 is 47.7 Å². The number of guanidine groups is 2. The normalized spacial score (nSPS) is 11.5. The van der Waals surface area contributed by atoms with Gasteiger partial charge >= 0.3 is 23.9 Å². The first-order valence-corrected chi connectivity index (χ1v) is 12.8. The van der Waals surface area contributed by atoms with Crippen LogP contribution >= 0.6 is 0 Å². The second-order valence-electron chi connectivity index (χ2n) is 8.55. The topological polar surface area (TPSA) is 389 Å². The Hall–Kier alpha value is -5.01. The summed E-state index contributed by atoms with van der Waals surface area (Å²) in [6.45, 7) is 2.78. The maximum absolute atomic E-state index is 11.3. The van der Waals surface area contributed by atoms with Crippen molar-refractivity contribution in [3.63, 3.8) is 0 Å². The van der Waals surface area contributed by atoms with Crippen molar-refractivity contribution in [1.29, 1.82) is 0 Å². The fraction of sp³-hybridized carbons (Fsp3) is 0.609. The average Bonchev–Trinajstić information content (AvgIpc) is 2.89. The predicted octanol–water partition coefficient (Wildman–Crippen LogP) is -3.28. The lowest BCUT2D eigenvalue weighted by molar-refractivity contribution is -0.149. The lowest BCUT2D eigenvalue weighted by Crippen LogP contribution is -2.41. The van der Waals surface area contributed by atoms with Crippen molar-refractivity contribution in [3.8, 4) is 0 Å². The summed E-state index contributed by atoms with van der Waals surface area (Å²) in [6, 6.07) is -1.85. The van der Waals surface area contributed by atoms with Crippen molar-refractivity contribution in [2.45, 2.75) is 70.4 Å². The molecule has 1 amide bonds. The first-order chi connectivity index (χ1) is 19.9. The molecule has 0 aromatic carbocycles. The van der Waals surface area contributed by atoms with Gasteiger partial charge in [-0.1, -0.05) is 0 Å². The number of carboxylic acids is 4. The number of ketones is 1. The summed E-state index contributed by atoms with van der Waals surface area (Å²) in [7, 11) is 0. The molecule has 0 aromatic rings. The van der Waals surface area contributed by atoms with Crippen LogP contribution < -0.4 is 39.7 Å². The number of aliphatic imine (C=N–C) groups is 3. The molecule has 0 saturated heterocycles. The highest BCUT2D eigenvalue weighted by molar-refractivity contribution is 6.32. The molecule has 43 heavy (non-hydrogen) atoms. The third-order valence-corrected chi connectivity index (χ3v) is 4.59. The number of Topliss-reactive ketones (excluding diaryl/α,β-unsaturated/α-hetero) is 1. The zero-order valence-electron chi connectivity index (χ0n) is 24.0. The van der Waals surface area contributed by atoms with Crippen molar-refractivity contribution in [2.75, 3.05) is 19.6 Å². The molecule has 0 bridgehead atoms. The van der Waals surface area contributed by atoms with Gasteiger partial charge in [-0.15, -0.1) is 0 Å². The SMILES string of the molecule is CC(N)=NCCCC(N)C(=O)O.NC(N)=NCCCC(=O)C(=O)O.NC(N)=NCCCC(NC(=O)CCC(=O)O)C(=O)O. The van der Waals surface area contributed by atoms with Crippen molar-refractivity contribution in [3.05, 3.63) is 0 Å². The minimum Gasteiger partial charge on any atom is -0.481 e. The summed E-state index contributed by atoms with van der Waals surface area (Å²) >= 11 is 0. The monoisotopic (exact) mass is 620 g/mol. The Kier molecular flexibility index (Phi) is 25.6. The zero-order valence-corrected chi connectivity index (χ0v) is 24.0. The van der Waals surface area contributed by atoms with E-state index in [0.29, 0.717) is 38.1 Å². The number of carbonyl (C=O) groups is 6. The van der Waals surface area contributed by atoms with Crippen LogP contribution in [-0.2, 0) is 28.8 Å². The first kappa shape index (κ1) is 42.5. The van der Waals surface area contributed by atoms with E-state index in [9.17, 15) is 28.8 Å². The lowest BCUT2D eigenvalue weighted by Gasteiger charge is -2.13. The number of carboxylic acid groups (broad SMARTS) is 4. The molecule has 0 spiro atoms. The number of amides is 1. The number of amidine groups is 1. The van der Waals surface area contributed by atoms with E-state index in [1.165, 1.54) is 0 Å². The van der Waals surface area contributed by atoms with E-state index in [2.05, 4.69) is 20.3 Å². The molecule has 2 atom stereocenters. The van der Waals surface area contributed by atoms with Gasteiger partial charge in [0.25, 0.3) is 0 Å². The molecule has 246 valence electrons. The van der Waals surface area contributed by atoms with Crippen molar-refractivity contribution in [2.24, 2.45) is 49.4 Å². The first-order valence-electron chi connectivity index (χ1n) is 12.8. The minimum absolute atomic E-state index is 0.0356. The second-order valence-corrected chi connectivity index (χ2v) is 8.55. The zero-order chi connectivity index (χ0) is 34.0. The number of carbonyl (C=O) groups excluding carboxylic acids is 2. The lowest BCUT2D eigenvalue weighted by atomic mass is 10.1. The van der Waals surface area contributed by atoms with Gasteiger partial charge in [-0.25, -0.2) is 9.59 Å². The molecule has 0 aliphatic carbocycles. The van der Waals surface area contributed by atoms with Crippen molar-refractivity contribution in [1.82, 2.24) is 5.32 Å². The van der Waals surface area contributed by atoms with Crippen LogP contribution in [0.25, 0.3) is 0 Å². The largest absolute Gasteiger partial charge is 0.481 e. The predicted molar refractivity (Wildman–Crippen MR) is 156 cm³/mol. The number of nitrogens with two attached hydrogens (primary N) is 6. The minimum atomic E-state index is -1.42. The summed E-state index contributed by atoms with van der Waals surface area (Å²) in [5.41, 5.74) is 30.7. The highest BCUT2D eigenvalue weighted by Crippen LogP contribution is 2.00. The van der Waals surface area contributed by atoms with E-state index in [4.69, 9.17) is 54.8 Å². The van der Waals surface area contributed by atoms with Gasteiger partial charge in [0.1, 0.15) is 12.1 Å². The van der Waals surface area contributed by atoms with Crippen LogP contribution in [0.2, 0.25) is 0 Å². The molecular formula is C23H44N10O10. The Bertz CT molecular complexity index is 989. The van der Waals surface area contributed by atoms with E-state index in [0.717, 1.165) is 0 Å². The molecule has 0 aliphatic rings. The molecule has 20 heteroatoms. The molecule has 17 N–H and O–H groups in total. The van der Waals surface area contributed by atoms with E-state index in [1.807, 2.05) is 0 Å². The number of nitrogens with zero attached hydrogens (tertiary/aromatic N) is 3. The Labute approximate surface area is 247 Å². The van der Waals surface area contributed by atoms with E-state index >= 15 is 0 Å². The molecule has 2 unspecified atom stereocenters. The van der Waals surface area contributed by atoms with Crippen LogP contribution in [-0.4, -0.2) is 105 Å². The van der Waals surface area contributed by atoms with Gasteiger partial charge in [0.15, 0.2) is 11.9 Å². The Morgan fingerprint density at radius 1 is 0.674 bits per heavy atom. The summed E-state index contributed by atoms with van der Waals surface area (Å²) in [4.78, 5) is 74.3. The third-order valence-electron chi connectivity index (χ3n) is 4.59. The average molecular weight is 621 g/mol. The van der Waals surface area contributed by atoms with Crippen molar-refractivity contribution >= 4 is 53.3 Å². The smallest absolute Gasteiger partial charge is 0.372 e. The fourth-order valence-electron chi connectivity index (χ4n) is 2.49. The maximum atomic E-state index is 11.3. The summed E-state index contributed by atoms with van der Waals surface area (Å²) in [6.07, 6.45) is 1.35. The molecule has 0 aliphatic heterocycles. The van der Waals surface area contributed by atoms with Gasteiger partial charge in [0.2, 0.25) is 11.7 Å². The second kappa shape index (κ2) is 25.9. The van der Waals surface area contributed by atoms with Gasteiger partial charge in [0.05, 0.1) is 12.3 Å². The molecule has 0 fully saturated rings. The van der Waals surface area contributed by atoms with Crippen molar-refractivity contribution < 1.29 is 49.2 Å². The van der Waals surface area contributed by atoms with Crippen LogP contribution in [0.3, 0.4) is 0 Å². The highest BCUT2D eigenvalue weighted by Gasteiger charge is 2.19. The molecule has 20 nitrogen and oxygen atoms in total. The van der Waals surface area contributed by atoms with Crippen LogP contribution in [0, 0.1) is 0 Å². The van der Waals surface area contributed by atoms with Gasteiger partial charge in [-0.05, 0) is 39.0 Å². The quantitative estimate of drug-likeness (QED) is 0.0292. The Morgan fingerprint density at radius 3 is 1.58 bits per heavy atom. The molecule has 0 saturated carbocycles. The van der Waals surface area contributed by atoms with E-state index in [-0.39, 0.29) is 50.7 Å².